The van der Waals surface area contributed by atoms with Crippen LogP contribution in [0.15, 0.2) is 30.3 Å². The highest BCUT2D eigenvalue weighted by Gasteiger charge is 2.44. The van der Waals surface area contributed by atoms with Crippen LogP contribution in [0, 0.1) is 0 Å². The molecule has 3 rings (SSSR count). The third-order valence-electron chi connectivity index (χ3n) is 5.09. The summed E-state index contributed by atoms with van der Waals surface area (Å²) in [5.74, 6) is 0.724. The zero-order valence-corrected chi connectivity index (χ0v) is 14.9. The third kappa shape index (κ3) is 3.56. The van der Waals surface area contributed by atoms with Crippen LogP contribution in [0.25, 0.3) is 0 Å². The Balaban J connectivity index is 1.95. The molecular weight excluding hydrogens is 318 g/mol. The van der Waals surface area contributed by atoms with Gasteiger partial charge in [0.05, 0.1) is 6.54 Å². The Kier molecular flexibility index (Phi) is 5.43. The molecule has 2 aromatic rings. The average molecular weight is 343 g/mol. The van der Waals surface area contributed by atoms with Gasteiger partial charge in [0.25, 0.3) is 0 Å². The number of methoxy groups -OCH3 is 1. The van der Waals surface area contributed by atoms with E-state index in [-0.39, 0.29) is 12.5 Å². The number of nitrogens with zero attached hydrogens (tertiary/aromatic N) is 5. The quantitative estimate of drug-likeness (QED) is 0.802. The van der Waals surface area contributed by atoms with Gasteiger partial charge in [-0.05, 0) is 28.8 Å². The Bertz CT molecular complexity index is 695. The summed E-state index contributed by atoms with van der Waals surface area (Å²) in [6.45, 7) is 0.662. The lowest BCUT2D eigenvalue weighted by Gasteiger charge is -2.43. The summed E-state index contributed by atoms with van der Waals surface area (Å²) in [6, 6.07) is 10.1. The maximum Gasteiger partial charge on any atom is 0.249 e. The van der Waals surface area contributed by atoms with Crippen molar-refractivity contribution in [2.45, 2.75) is 44.2 Å². The molecule has 0 N–H and O–H groups in total. The summed E-state index contributed by atoms with van der Waals surface area (Å²) in [7, 11) is 3.38. The van der Waals surface area contributed by atoms with E-state index in [2.05, 4.69) is 27.7 Å². The van der Waals surface area contributed by atoms with Crippen molar-refractivity contribution in [2.75, 3.05) is 20.8 Å². The van der Waals surface area contributed by atoms with Gasteiger partial charge in [0.15, 0.2) is 5.82 Å². The monoisotopic (exact) mass is 343 g/mol. The maximum absolute atomic E-state index is 12.5. The molecule has 7 nitrogen and oxygen atoms in total. The lowest BCUT2D eigenvalue weighted by Crippen LogP contribution is -2.51. The standard InChI is InChI=1S/C18H25N5O2/c1-22(16(24)14-25-2)18(11-7-4-8-12-18)17-19-20-21-23(17)13-15-9-5-3-6-10-15/h3,5-6,9-10H,4,7-8,11-14H2,1-2H3. The Morgan fingerprint density at radius 3 is 2.64 bits per heavy atom. The van der Waals surface area contributed by atoms with E-state index in [0.717, 1.165) is 37.1 Å². The van der Waals surface area contributed by atoms with Gasteiger partial charge in [-0.2, -0.15) is 0 Å². The second kappa shape index (κ2) is 7.74. The zero-order chi connectivity index (χ0) is 17.7. The lowest BCUT2D eigenvalue weighted by molar-refractivity contribution is -0.142. The van der Waals surface area contributed by atoms with E-state index in [4.69, 9.17) is 4.74 Å². The molecule has 0 saturated heterocycles. The number of ether oxygens (including phenoxy) is 1. The summed E-state index contributed by atoms with van der Waals surface area (Å²) in [5.41, 5.74) is 0.666. The maximum atomic E-state index is 12.5. The second-order valence-corrected chi connectivity index (χ2v) is 6.62. The van der Waals surface area contributed by atoms with Crippen LogP contribution in [0.5, 0.6) is 0 Å². The van der Waals surface area contributed by atoms with Gasteiger partial charge in [-0.15, -0.1) is 5.10 Å². The van der Waals surface area contributed by atoms with Gasteiger partial charge in [0.2, 0.25) is 5.91 Å². The molecule has 0 atom stereocenters. The highest BCUT2D eigenvalue weighted by Crippen LogP contribution is 2.40. The molecule has 0 aliphatic heterocycles. The number of carbonyl (C=O) groups is 1. The molecule has 134 valence electrons. The van der Waals surface area contributed by atoms with E-state index in [1.807, 2.05) is 29.9 Å². The highest BCUT2D eigenvalue weighted by atomic mass is 16.5. The first-order chi connectivity index (χ1) is 12.2. The van der Waals surface area contributed by atoms with Gasteiger partial charge in [-0.25, -0.2) is 4.68 Å². The van der Waals surface area contributed by atoms with Crippen LogP contribution in [0.3, 0.4) is 0 Å². The minimum Gasteiger partial charge on any atom is -0.375 e. The van der Waals surface area contributed by atoms with Gasteiger partial charge in [-0.1, -0.05) is 49.6 Å². The predicted octanol–water partition coefficient (Wildman–Crippen LogP) is 1.99. The Hall–Kier alpha value is -2.28. The fourth-order valence-corrected chi connectivity index (χ4v) is 3.71. The number of amides is 1. The number of likely N-dealkylation sites (N-methyl/N-ethyl adjacent to an activating group) is 1. The molecule has 1 amide bonds. The van der Waals surface area contributed by atoms with Crippen LogP contribution >= 0.6 is 0 Å². The van der Waals surface area contributed by atoms with E-state index >= 15 is 0 Å². The van der Waals surface area contributed by atoms with Crippen molar-refractivity contribution in [1.82, 2.24) is 25.1 Å². The molecule has 1 aliphatic rings. The summed E-state index contributed by atoms with van der Waals surface area (Å²) >= 11 is 0. The molecule has 1 aromatic heterocycles. The lowest BCUT2D eigenvalue weighted by atomic mass is 9.79. The van der Waals surface area contributed by atoms with Crippen molar-refractivity contribution in [1.29, 1.82) is 0 Å². The Morgan fingerprint density at radius 2 is 1.96 bits per heavy atom. The number of carbonyl (C=O) groups excluding carboxylic acids is 1. The van der Waals surface area contributed by atoms with Gasteiger partial charge >= 0.3 is 0 Å². The first kappa shape index (κ1) is 17.5. The molecular formula is C18H25N5O2. The number of rotatable bonds is 6. The minimum atomic E-state index is -0.466. The first-order valence-electron chi connectivity index (χ1n) is 8.73. The SMILES string of the molecule is COCC(=O)N(C)C1(c2nnnn2Cc2ccccc2)CCCCC1. The molecule has 0 radical (unpaired) electrons. The van der Waals surface area contributed by atoms with E-state index in [9.17, 15) is 4.79 Å². The van der Waals surface area contributed by atoms with Crippen molar-refractivity contribution < 1.29 is 9.53 Å². The number of aromatic nitrogens is 4. The molecule has 7 heteroatoms. The van der Waals surface area contributed by atoms with E-state index in [0.29, 0.717) is 6.54 Å². The summed E-state index contributed by atoms with van der Waals surface area (Å²) in [4.78, 5) is 14.3. The molecule has 1 aliphatic carbocycles. The van der Waals surface area contributed by atoms with E-state index < -0.39 is 5.54 Å². The molecule has 0 unspecified atom stereocenters. The Labute approximate surface area is 148 Å². The van der Waals surface area contributed by atoms with Crippen LogP contribution < -0.4 is 0 Å². The van der Waals surface area contributed by atoms with Gasteiger partial charge in [0, 0.05) is 14.2 Å². The van der Waals surface area contributed by atoms with Crippen LogP contribution in [-0.2, 0) is 21.6 Å². The highest BCUT2D eigenvalue weighted by molar-refractivity contribution is 5.78. The molecule has 0 bridgehead atoms. The van der Waals surface area contributed by atoms with Crippen LogP contribution in [0.2, 0.25) is 0 Å². The van der Waals surface area contributed by atoms with Crippen molar-refractivity contribution in [3.63, 3.8) is 0 Å². The largest absolute Gasteiger partial charge is 0.375 e. The number of benzene rings is 1. The normalized spacial score (nSPS) is 16.6. The third-order valence-corrected chi connectivity index (χ3v) is 5.09. The van der Waals surface area contributed by atoms with Crippen molar-refractivity contribution >= 4 is 5.91 Å². The summed E-state index contributed by atoms with van der Waals surface area (Å²) < 4.78 is 6.88. The second-order valence-electron chi connectivity index (χ2n) is 6.62. The smallest absolute Gasteiger partial charge is 0.249 e. The van der Waals surface area contributed by atoms with Crippen LogP contribution in [-0.4, -0.2) is 51.8 Å². The molecule has 1 fully saturated rings. The summed E-state index contributed by atoms with van der Waals surface area (Å²) in [5, 5.41) is 12.5. The Morgan fingerprint density at radius 1 is 1.24 bits per heavy atom. The van der Waals surface area contributed by atoms with E-state index in [1.54, 1.807) is 12.0 Å². The van der Waals surface area contributed by atoms with Crippen LogP contribution in [0.4, 0.5) is 0 Å². The number of hydrogen-bond acceptors (Lipinski definition) is 5. The number of hydrogen-bond donors (Lipinski definition) is 0. The van der Waals surface area contributed by atoms with Gasteiger partial charge in [0.1, 0.15) is 12.1 Å². The molecule has 0 spiro atoms. The summed E-state index contributed by atoms with van der Waals surface area (Å²) in [6.07, 6.45) is 5.03. The van der Waals surface area contributed by atoms with Gasteiger partial charge < -0.3 is 9.64 Å². The van der Waals surface area contributed by atoms with Crippen molar-refractivity contribution in [3.05, 3.63) is 41.7 Å². The molecule has 1 heterocycles. The van der Waals surface area contributed by atoms with Crippen LogP contribution in [0.1, 0.15) is 43.5 Å². The fraction of sp³-hybridized carbons (Fsp3) is 0.556. The van der Waals surface area contributed by atoms with Gasteiger partial charge in [-0.3, -0.25) is 4.79 Å². The molecule has 1 aromatic carbocycles. The minimum absolute atomic E-state index is 0.0429. The molecule has 25 heavy (non-hydrogen) atoms. The van der Waals surface area contributed by atoms with Crippen molar-refractivity contribution in [3.8, 4) is 0 Å². The van der Waals surface area contributed by atoms with Crippen molar-refractivity contribution in [2.24, 2.45) is 0 Å². The number of tetrazole rings is 1. The topological polar surface area (TPSA) is 73.1 Å². The zero-order valence-electron chi connectivity index (χ0n) is 14.9. The van der Waals surface area contributed by atoms with E-state index in [1.165, 1.54) is 6.42 Å². The first-order valence-corrected chi connectivity index (χ1v) is 8.73. The predicted molar refractivity (Wildman–Crippen MR) is 92.8 cm³/mol. The average Bonchev–Trinajstić information content (AvgIpc) is 3.11. The fourth-order valence-electron chi connectivity index (χ4n) is 3.71. The molecule has 1 saturated carbocycles.